The van der Waals surface area contributed by atoms with Crippen LogP contribution in [0.15, 0.2) is 30.3 Å². The summed E-state index contributed by atoms with van der Waals surface area (Å²) in [6, 6.07) is 9.78. The number of hydrogen-bond donors (Lipinski definition) is 1. The van der Waals surface area contributed by atoms with E-state index in [1.165, 1.54) is 0 Å². The Labute approximate surface area is 90.5 Å². The van der Waals surface area contributed by atoms with Gasteiger partial charge >= 0.3 is 6.03 Å². The maximum absolute atomic E-state index is 11.5. The third-order valence-corrected chi connectivity index (χ3v) is 1.93. The first-order valence-corrected chi connectivity index (χ1v) is 4.82. The van der Waals surface area contributed by atoms with Gasteiger partial charge in [0.05, 0.1) is 0 Å². The molecular weight excluding hydrogens is 190 g/mol. The van der Waals surface area contributed by atoms with Crippen LogP contribution in [0, 0.1) is 0 Å². The van der Waals surface area contributed by atoms with Gasteiger partial charge in [0, 0.05) is 27.7 Å². The molecule has 0 spiro atoms. The zero-order chi connectivity index (χ0) is 11.3. The summed E-state index contributed by atoms with van der Waals surface area (Å²) in [7, 11) is 5.34. The molecule has 0 unspecified atom stereocenters. The van der Waals surface area contributed by atoms with Crippen molar-refractivity contribution in [3.63, 3.8) is 0 Å². The first-order valence-electron chi connectivity index (χ1n) is 4.82. The average molecular weight is 207 g/mol. The maximum atomic E-state index is 11.5. The highest BCUT2D eigenvalue weighted by atomic mass is 16.2. The lowest BCUT2D eigenvalue weighted by Gasteiger charge is -2.20. The molecule has 0 aromatic heterocycles. The fourth-order valence-corrected chi connectivity index (χ4v) is 1.21. The number of hydrogen-bond acceptors (Lipinski definition) is 2. The van der Waals surface area contributed by atoms with Crippen LogP contribution < -0.4 is 5.43 Å². The minimum atomic E-state index is -0.108. The molecule has 15 heavy (non-hydrogen) atoms. The highest BCUT2D eigenvalue weighted by Gasteiger charge is 2.08. The van der Waals surface area contributed by atoms with Crippen molar-refractivity contribution in [1.82, 2.24) is 15.3 Å². The molecule has 0 saturated heterocycles. The van der Waals surface area contributed by atoms with Crippen LogP contribution in [0.3, 0.4) is 0 Å². The molecule has 0 atom stereocenters. The Kier molecular flexibility index (Phi) is 4.12. The Hall–Kier alpha value is -1.55. The number of hydrazine groups is 1. The van der Waals surface area contributed by atoms with Crippen LogP contribution in [-0.2, 0) is 6.54 Å². The van der Waals surface area contributed by atoms with E-state index < -0.39 is 0 Å². The van der Waals surface area contributed by atoms with E-state index in [0.29, 0.717) is 6.54 Å². The molecule has 4 heteroatoms. The van der Waals surface area contributed by atoms with Gasteiger partial charge in [-0.1, -0.05) is 30.3 Å². The topological polar surface area (TPSA) is 35.6 Å². The number of benzene rings is 1. The van der Waals surface area contributed by atoms with Crippen LogP contribution in [0.25, 0.3) is 0 Å². The first kappa shape index (κ1) is 11.5. The number of carbonyl (C=O) groups is 1. The third kappa shape index (κ3) is 3.99. The van der Waals surface area contributed by atoms with E-state index in [-0.39, 0.29) is 6.03 Å². The molecule has 1 aromatic carbocycles. The molecule has 0 radical (unpaired) electrons. The number of carbonyl (C=O) groups excluding carboxylic acids is 1. The van der Waals surface area contributed by atoms with E-state index in [1.807, 2.05) is 30.3 Å². The summed E-state index contributed by atoms with van der Waals surface area (Å²) in [5, 5.41) is 1.63. The molecule has 0 heterocycles. The second kappa shape index (κ2) is 5.36. The molecule has 1 rings (SSSR count). The highest BCUT2D eigenvalue weighted by molar-refractivity contribution is 5.73. The molecule has 0 fully saturated rings. The average Bonchev–Trinajstić information content (AvgIpc) is 2.18. The lowest BCUT2D eigenvalue weighted by atomic mass is 10.2. The Morgan fingerprint density at radius 3 is 2.33 bits per heavy atom. The van der Waals surface area contributed by atoms with Crippen LogP contribution in [0.5, 0.6) is 0 Å². The van der Waals surface area contributed by atoms with Crippen molar-refractivity contribution in [3.05, 3.63) is 35.9 Å². The Bertz CT molecular complexity index is 311. The van der Waals surface area contributed by atoms with Crippen molar-refractivity contribution >= 4 is 6.03 Å². The number of rotatable bonds is 3. The summed E-state index contributed by atoms with van der Waals surface area (Å²) in [5.74, 6) is 0. The molecular formula is C11H17N3O. The van der Waals surface area contributed by atoms with E-state index in [4.69, 9.17) is 0 Å². The van der Waals surface area contributed by atoms with E-state index in [2.05, 4.69) is 5.43 Å². The summed E-state index contributed by atoms with van der Waals surface area (Å²) in [6.07, 6.45) is 0. The fraction of sp³-hybridized carbons (Fsp3) is 0.364. The van der Waals surface area contributed by atoms with E-state index in [9.17, 15) is 4.79 Å². The molecule has 2 amide bonds. The summed E-state index contributed by atoms with van der Waals surface area (Å²) in [5.41, 5.74) is 3.80. The smallest absolute Gasteiger partial charge is 0.322 e. The van der Waals surface area contributed by atoms with E-state index >= 15 is 0 Å². The van der Waals surface area contributed by atoms with Crippen molar-refractivity contribution in [1.29, 1.82) is 0 Å². The van der Waals surface area contributed by atoms with Crippen LogP contribution >= 0.6 is 0 Å². The van der Waals surface area contributed by atoms with E-state index in [1.54, 1.807) is 31.1 Å². The first-order chi connectivity index (χ1) is 7.09. The highest BCUT2D eigenvalue weighted by Crippen LogP contribution is 2.02. The zero-order valence-electron chi connectivity index (χ0n) is 9.40. The fourth-order valence-electron chi connectivity index (χ4n) is 1.21. The van der Waals surface area contributed by atoms with Gasteiger partial charge in [-0.05, 0) is 5.56 Å². The molecule has 0 aliphatic carbocycles. The summed E-state index contributed by atoms with van der Waals surface area (Å²) in [6.45, 7) is 0.612. The van der Waals surface area contributed by atoms with Crippen molar-refractivity contribution in [2.45, 2.75) is 6.54 Å². The third-order valence-electron chi connectivity index (χ3n) is 1.93. The SMILES string of the molecule is CN(C)NC(=O)N(C)Cc1ccccc1. The maximum Gasteiger partial charge on any atom is 0.331 e. The number of amides is 2. The van der Waals surface area contributed by atoms with Crippen LogP contribution in [-0.4, -0.2) is 37.1 Å². The van der Waals surface area contributed by atoms with Gasteiger partial charge in [-0.25, -0.2) is 9.80 Å². The van der Waals surface area contributed by atoms with Crippen LogP contribution in [0.4, 0.5) is 4.79 Å². The van der Waals surface area contributed by atoms with Crippen molar-refractivity contribution in [2.75, 3.05) is 21.1 Å². The predicted octanol–water partition coefficient (Wildman–Crippen LogP) is 1.30. The monoisotopic (exact) mass is 207 g/mol. The lowest BCUT2D eigenvalue weighted by molar-refractivity contribution is 0.178. The molecule has 1 aromatic rings. The Balaban J connectivity index is 2.49. The van der Waals surface area contributed by atoms with Crippen molar-refractivity contribution in [3.8, 4) is 0 Å². The molecule has 0 aliphatic rings. The minimum absolute atomic E-state index is 0.108. The van der Waals surface area contributed by atoms with Gasteiger partial charge in [-0.15, -0.1) is 0 Å². The van der Waals surface area contributed by atoms with Gasteiger partial charge in [0.15, 0.2) is 0 Å². The number of nitrogens with one attached hydrogen (secondary N) is 1. The summed E-state index contributed by atoms with van der Waals surface area (Å²) in [4.78, 5) is 13.2. The summed E-state index contributed by atoms with van der Waals surface area (Å²) >= 11 is 0. The standard InChI is InChI=1S/C11H17N3O/c1-13(2)12-11(15)14(3)9-10-7-5-4-6-8-10/h4-8H,9H2,1-3H3,(H,12,15). The second-order valence-electron chi connectivity index (χ2n) is 3.65. The Morgan fingerprint density at radius 1 is 1.20 bits per heavy atom. The van der Waals surface area contributed by atoms with Gasteiger partial charge in [0.1, 0.15) is 0 Å². The quantitative estimate of drug-likeness (QED) is 0.758. The van der Waals surface area contributed by atoms with Gasteiger partial charge in [0.2, 0.25) is 0 Å². The largest absolute Gasteiger partial charge is 0.331 e. The van der Waals surface area contributed by atoms with E-state index in [0.717, 1.165) is 5.56 Å². The minimum Gasteiger partial charge on any atom is -0.322 e. The van der Waals surface area contributed by atoms with Gasteiger partial charge < -0.3 is 4.90 Å². The Morgan fingerprint density at radius 2 is 1.80 bits per heavy atom. The number of urea groups is 1. The van der Waals surface area contributed by atoms with Gasteiger partial charge in [0.25, 0.3) is 0 Å². The normalized spacial score (nSPS) is 10.1. The zero-order valence-corrected chi connectivity index (χ0v) is 9.40. The van der Waals surface area contributed by atoms with Crippen LogP contribution in [0.1, 0.15) is 5.56 Å². The lowest BCUT2D eigenvalue weighted by Crippen LogP contribution is -2.43. The van der Waals surface area contributed by atoms with Crippen molar-refractivity contribution in [2.24, 2.45) is 0 Å². The van der Waals surface area contributed by atoms with Gasteiger partial charge in [-0.3, -0.25) is 5.43 Å². The van der Waals surface area contributed by atoms with Gasteiger partial charge in [-0.2, -0.15) is 0 Å². The molecule has 0 saturated carbocycles. The van der Waals surface area contributed by atoms with Crippen molar-refractivity contribution < 1.29 is 4.79 Å². The van der Waals surface area contributed by atoms with Crippen LogP contribution in [0.2, 0.25) is 0 Å². The molecule has 0 bridgehead atoms. The molecule has 0 aliphatic heterocycles. The summed E-state index contributed by atoms with van der Waals surface area (Å²) < 4.78 is 0. The molecule has 4 nitrogen and oxygen atoms in total. The molecule has 82 valence electrons. The number of nitrogens with zero attached hydrogens (tertiary/aromatic N) is 2. The molecule has 1 N–H and O–H groups in total. The predicted molar refractivity (Wildman–Crippen MR) is 60.1 cm³/mol. The second-order valence-corrected chi connectivity index (χ2v) is 3.65.